The van der Waals surface area contributed by atoms with Crippen LogP contribution in [-0.4, -0.2) is 9.91 Å². The highest BCUT2D eigenvalue weighted by Crippen LogP contribution is 2.28. The number of aromatic nitrogens is 1. The summed E-state index contributed by atoms with van der Waals surface area (Å²) in [6.07, 6.45) is 1.39. The number of anilines is 1. The van der Waals surface area contributed by atoms with Crippen LogP contribution >= 0.6 is 11.6 Å². The van der Waals surface area contributed by atoms with Gasteiger partial charge in [0.05, 0.1) is 6.04 Å². The van der Waals surface area contributed by atoms with Crippen LogP contribution in [0.1, 0.15) is 18.5 Å². The first-order valence-corrected chi connectivity index (χ1v) is 6.07. The summed E-state index contributed by atoms with van der Waals surface area (Å²) in [6, 6.07) is 10.5. The van der Waals surface area contributed by atoms with Crippen LogP contribution in [0, 0.1) is 10.1 Å². The lowest BCUT2D eigenvalue weighted by Gasteiger charge is -2.16. The summed E-state index contributed by atoms with van der Waals surface area (Å²) in [4.78, 5) is 14.1. The maximum absolute atomic E-state index is 10.9. The molecule has 1 unspecified atom stereocenters. The number of nitro groups is 1. The summed E-state index contributed by atoms with van der Waals surface area (Å²) >= 11 is 6.10. The van der Waals surface area contributed by atoms with Gasteiger partial charge in [-0.25, -0.2) is 0 Å². The molecule has 2 aromatic rings. The van der Waals surface area contributed by atoms with Crippen LogP contribution in [0.3, 0.4) is 0 Å². The number of nitrogens with zero attached hydrogens (tertiary/aromatic N) is 2. The second kappa shape index (κ2) is 5.67. The molecule has 0 amide bonds. The lowest BCUT2D eigenvalue weighted by molar-refractivity contribution is -0.388. The third-order valence-corrected chi connectivity index (χ3v) is 3.05. The van der Waals surface area contributed by atoms with E-state index in [1.807, 2.05) is 25.1 Å². The molecule has 19 heavy (non-hydrogen) atoms. The van der Waals surface area contributed by atoms with E-state index in [0.29, 0.717) is 10.7 Å². The standard InChI is InChI=1S/C13H12ClN3O2/c1-9(10-5-2-3-6-11(10)14)16-12-7-4-8-15-13(12)17(18)19/h2-9,16H,1H3. The third-order valence-electron chi connectivity index (χ3n) is 2.70. The fourth-order valence-electron chi connectivity index (χ4n) is 1.79. The van der Waals surface area contributed by atoms with E-state index in [0.717, 1.165) is 5.56 Å². The Hall–Kier alpha value is -2.14. The fraction of sp³-hybridized carbons (Fsp3) is 0.154. The van der Waals surface area contributed by atoms with Crippen molar-refractivity contribution in [1.29, 1.82) is 0 Å². The molecule has 0 fully saturated rings. The Labute approximate surface area is 115 Å². The Morgan fingerprint density at radius 2 is 2.05 bits per heavy atom. The van der Waals surface area contributed by atoms with Gasteiger partial charge >= 0.3 is 5.82 Å². The van der Waals surface area contributed by atoms with Gasteiger partial charge in [0.2, 0.25) is 0 Å². The third kappa shape index (κ3) is 3.00. The van der Waals surface area contributed by atoms with Crippen molar-refractivity contribution in [1.82, 2.24) is 4.98 Å². The first-order chi connectivity index (χ1) is 9.09. The van der Waals surface area contributed by atoms with Crippen molar-refractivity contribution in [3.63, 3.8) is 0 Å². The number of nitrogens with one attached hydrogen (secondary N) is 1. The van der Waals surface area contributed by atoms with Crippen molar-refractivity contribution >= 4 is 23.1 Å². The number of rotatable bonds is 4. The zero-order valence-electron chi connectivity index (χ0n) is 10.2. The second-order valence-corrected chi connectivity index (χ2v) is 4.43. The van der Waals surface area contributed by atoms with Gasteiger partial charge < -0.3 is 15.4 Å². The van der Waals surface area contributed by atoms with Crippen molar-refractivity contribution in [2.45, 2.75) is 13.0 Å². The first kappa shape index (κ1) is 13.3. The molecule has 0 saturated heterocycles. The summed E-state index contributed by atoms with van der Waals surface area (Å²) < 4.78 is 0. The van der Waals surface area contributed by atoms with Gasteiger partial charge in [0.15, 0.2) is 0 Å². The molecule has 6 heteroatoms. The van der Waals surface area contributed by atoms with E-state index in [4.69, 9.17) is 11.6 Å². The Morgan fingerprint density at radius 1 is 1.32 bits per heavy atom. The van der Waals surface area contributed by atoms with Gasteiger partial charge in [-0.15, -0.1) is 0 Å². The van der Waals surface area contributed by atoms with Gasteiger partial charge in [0.25, 0.3) is 0 Å². The molecular formula is C13H12ClN3O2. The van der Waals surface area contributed by atoms with E-state index in [1.54, 1.807) is 18.2 Å². The van der Waals surface area contributed by atoms with E-state index in [9.17, 15) is 10.1 Å². The minimum absolute atomic E-state index is 0.156. The number of hydrogen-bond acceptors (Lipinski definition) is 4. The number of benzene rings is 1. The largest absolute Gasteiger partial charge is 0.386 e. The minimum Gasteiger partial charge on any atom is -0.372 e. The monoisotopic (exact) mass is 277 g/mol. The van der Waals surface area contributed by atoms with Crippen LogP contribution in [0.4, 0.5) is 11.5 Å². The molecule has 1 aromatic carbocycles. The van der Waals surface area contributed by atoms with Gasteiger partial charge in [-0.2, -0.15) is 0 Å². The van der Waals surface area contributed by atoms with Crippen LogP contribution in [0.5, 0.6) is 0 Å². The summed E-state index contributed by atoms with van der Waals surface area (Å²) in [5.74, 6) is -0.193. The van der Waals surface area contributed by atoms with Crippen LogP contribution < -0.4 is 5.32 Å². The lowest BCUT2D eigenvalue weighted by Crippen LogP contribution is -2.09. The molecule has 1 atom stereocenters. The van der Waals surface area contributed by atoms with Crippen molar-refractivity contribution in [3.05, 3.63) is 63.3 Å². The summed E-state index contributed by atoms with van der Waals surface area (Å²) in [6.45, 7) is 1.89. The summed E-state index contributed by atoms with van der Waals surface area (Å²) in [5, 5.41) is 14.6. The molecule has 1 aromatic heterocycles. The zero-order chi connectivity index (χ0) is 13.8. The van der Waals surface area contributed by atoms with Crippen LogP contribution in [0.25, 0.3) is 0 Å². The SMILES string of the molecule is CC(Nc1cccnc1[N+](=O)[O-])c1ccccc1Cl. The van der Waals surface area contributed by atoms with Gasteiger partial charge in [-0.1, -0.05) is 29.8 Å². The van der Waals surface area contributed by atoms with Gasteiger partial charge in [-0.05, 0) is 40.6 Å². The molecule has 1 N–H and O–H groups in total. The van der Waals surface area contributed by atoms with Crippen molar-refractivity contribution in [2.75, 3.05) is 5.32 Å². The quantitative estimate of drug-likeness (QED) is 0.681. The molecule has 0 aliphatic carbocycles. The molecule has 0 aliphatic rings. The first-order valence-electron chi connectivity index (χ1n) is 5.70. The van der Waals surface area contributed by atoms with E-state index in [-0.39, 0.29) is 11.9 Å². The van der Waals surface area contributed by atoms with Crippen LogP contribution in [0.15, 0.2) is 42.6 Å². The second-order valence-electron chi connectivity index (χ2n) is 4.02. The molecule has 0 saturated carbocycles. The molecular weight excluding hydrogens is 266 g/mol. The Kier molecular flexibility index (Phi) is 3.97. The topological polar surface area (TPSA) is 68.1 Å². The average molecular weight is 278 g/mol. The summed E-state index contributed by atoms with van der Waals surface area (Å²) in [7, 11) is 0. The Morgan fingerprint density at radius 3 is 2.74 bits per heavy atom. The molecule has 0 radical (unpaired) electrons. The molecule has 1 heterocycles. The van der Waals surface area contributed by atoms with E-state index in [2.05, 4.69) is 10.3 Å². The molecule has 2 rings (SSSR count). The van der Waals surface area contributed by atoms with Gasteiger partial charge in [-0.3, -0.25) is 0 Å². The fourth-order valence-corrected chi connectivity index (χ4v) is 2.09. The highest BCUT2D eigenvalue weighted by Gasteiger charge is 2.17. The molecule has 0 bridgehead atoms. The molecule has 5 nitrogen and oxygen atoms in total. The predicted octanol–water partition coefficient (Wildman–Crippen LogP) is 3.82. The van der Waals surface area contributed by atoms with E-state index < -0.39 is 4.92 Å². The maximum Gasteiger partial charge on any atom is 0.386 e. The zero-order valence-corrected chi connectivity index (χ0v) is 11.0. The molecule has 98 valence electrons. The molecule has 0 aliphatic heterocycles. The normalized spacial score (nSPS) is 11.9. The summed E-state index contributed by atoms with van der Waals surface area (Å²) in [5.41, 5.74) is 1.25. The highest BCUT2D eigenvalue weighted by atomic mass is 35.5. The van der Waals surface area contributed by atoms with E-state index >= 15 is 0 Å². The highest BCUT2D eigenvalue weighted by molar-refractivity contribution is 6.31. The smallest absolute Gasteiger partial charge is 0.372 e. The van der Waals surface area contributed by atoms with Gasteiger partial charge in [0, 0.05) is 5.02 Å². The lowest BCUT2D eigenvalue weighted by atomic mass is 10.1. The minimum atomic E-state index is -0.512. The number of halogens is 1. The Balaban J connectivity index is 2.27. The predicted molar refractivity (Wildman–Crippen MR) is 74.4 cm³/mol. The number of pyridine rings is 1. The number of hydrogen-bond donors (Lipinski definition) is 1. The maximum atomic E-state index is 10.9. The van der Waals surface area contributed by atoms with Crippen LogP contribution in [-0.2, 0) is 0 Å². The van der Waals surface area contributed by atoms with Crippen molar-refractivity contribution < 1.29 is 4.92 Å². The Bertz CT molecular complexity index is 604. The van der Waals surface area contributed by atoms with Crippen molar-refractivity contribution in [2.24, 2.45) is 0 Å². The van der Waals surface area contributed by atoms with Gasteiger partial charge in [0.1, 0.15) is 11.9 Å². The van der Waals surface area contributed by atoms with Crippen molar-refractivity contribution in [3.8, 4) is 0 Å². The molecule has 0 spiro atoms. The van der Waals surface area contributed by atoms with E-state index in [1.165, 1.54) is 6.20 Å². The van der Waals surface area contributed by atoms with Crippen LogP contribution in [0.2, 0.25) is 5.02 Å². The average Bonchev–Trinajstić information content (AvgIpc) is 2.39.